The van der Waals surface area contributed by atoms with Crippen molar-refractivity contribution >= 4 is 23.1 Å². The Kier molecular flexibility index (Phi) is 4.21. The highest BCUT2D eigenvalue weighted by molar-refractivity contribution is 6.01. The number of aromatic nitrogens is 3. The minimum Gasteiger partial charge on any atom is -0.378 e. The van der Waals surface area contributed by atoms with Crippen LogP contribution in [0.3, 0.4) is 0 Å². The zero-order chi connectivity index (χ0) is 20.8. The quantitative estimate of drug-likeness (QED) is 0.560. The number of benzene rings is 2. The lowest BCUT2D eigenvalue weighted by molar-refractivity contribution is -0.115. The van der Waals surface area contributed by atoms with Crippen LogP contribution in [0.1, 0.15) is 5.56 Å². The average Bonchev–Trinajstić information content (AvgIpc) is 3.39. The highest BCUT2D eigenvalue weighted by Crippen LogP contribution is 2.38. The highest BCUT2D eigenvalue weighted by Gasteiger charge is 2.24. The van der Waals surface area contributed by atoms with Crippen LogP contribution in [-0.4, -0.2) is 46.8 Å². The Labute approximate surface area is 179 Å². The Morgan fingerprint density at radius 2 is 1.81 bits per heavy atom. The molecule has 1 N–H and O–H groups in total. The molecule has 0 atom stereocenters. The van der Waals surface area contributed by atoms with Crippen LogP contribution in [0.4, 0.5) is 11.6 Å². The number of rotatable bonds is 3. The third kappa shape index (κ3) is 3.05. The van der Waals surface area contributed by atoms with Gasteiger partial charge in [0.05, 0.1) is 25.2 Å². The van der Waals surface area contributed by atoms with E-state index in [1.807, 2.05) is 41.0 Å². The number of carbonyl (C=O) groups excluding carboxylic acids is 1. The molecule has 2 aromatic carbocycles. The van der Waals surface area contributed by atoms with Gasteiger partial charge in [-0.05, 0) is 29.3 Å². The monoisotopic (exact) mass is 411 g/mol. The van der Waals surface area contributed by atoms with Crippen LogP contribution < -0.4 is 10.2 Å². The summed E-state index contributed by atoms with van der Waals surface area (Å²) in [6, 6.07) is 18.4. The van der Waals surface area contributed by atoms with Crippen molar-refractivity contribution in [3.63, 3.8) is 0 Å². The van der Waals surface area contributed by atoms with Gasteiger partial charge >= 0.3 is 0 Å². The second kappa shape index (κ2) is 7.21. The van der Waals surface area contributed by atoms with Crippen LogP contribution in [0.5, 0.6) is 0 Å². The molecule has 7 heteroatoms. The Bertz CT molecular complexity index is 1290. The van der Waals surface area contributed by atoms with Crippen molar-refractivity contribution in [2.75, 3.05) is 36.5 Å². The molecular weight excluding hydrogens is 390 g/mol. The van der Waals surface area contributed by atoms with E-state index in [0.29, 0.717) is 19.6 Å². The normalized spacial score (nSPS) is 15.9. The molecule has 0 unspecified atom stereocenters. The molecule has 31 heavy (non-hydrogen) atoms. The van der Waals surface area contributed by atoms with Crippen LogP contribution >= 0.6 is 0 Å². The largest absolute Gasteiger partial charge is 0.378 e. The summed E-state index contributed by atoms with van der Waals surface area (Å²) >= 11 is 0. The molecule has 6 rings (SSSR count). The first-order valence-electron chi connectivity index (χ1n) is 10.5. The molecule has 0 saturated carbocycles. The number of fused-ring (bicyclic) bond motifs is 2. The molecule has 1 amide bonds. The number of hydrogen-bond acceptors (Lipinski definition) is 5. The summed E-state index contributed by atoms with van der Waals surface area (Å²) in [6.45, 7) is 2.94. The molecule has 7 nitrogen and oxygen atoms in total. The summed E-state index contributed by atoms with van der Waals surface area (Å²) in [5.74, 6) is 0.858. The number of nitrogens with one attached hydrogen (secondary N) is 1. The number of ether oxygens (including phenoxy) is 1. The van der Waals surface area contributed by atoms with E-state index in [9.17, 15) is 4.79 Å². The highest BCUT2D eigenvalue weighted by atomic mass is 16.5. The lowest BCUT2D eigenvalue weighted by atomic mass is 9.97. The molecule has 0 aliphatic carbocycles. The minimum absolute atomic E-state index is 0.0362. The predicted octanol–water partition coefficient (Wildman–Crippen LogP) is 3.39. The second-order valence-corrected chi connectivity index (χ2v) is 7.83. The van der Waals surface area contributed by atoms with Crippen LogP contribution in [0.15, 0.2) is 60.8 Å². The van der Waals surface area contributed by atoms with Crippen LogP contribution in [0, 0.1) is 0 Å². The van der Waals surface area contributed by atoms with Gasteiger partial charge < -0.3 is 15.0 Å². The summed E-state index contributed by atoms with van der Waals surface area (Å²) in [4.78, 5) is 18.7. The van der Waals surface area contributed by atoms with Crippen LogP contribution in [0.25, 0.3) is 27.9 Å². The number of nitrogens with zero attached hydrogens (tertiary/aromatic N) is 4. The molecule has 1 saturated heterocycles. The van der Waals surface area contributed by atoms with Gasteiger partial charge in [-0.25, -0.2) is 4.98 Å². The molecule has 0 bridgehead atoms. The van der Waals surface area contributed by atoms with E-state index in [1.54, 1.807) is 0 Å². The topological polar surface area (TPSA) is 71.8 Å². The maximum Gasteiger partial charge on any atom is 0.228 e. The van der Waals surface area contributed by atoms with E-state index in [0.717, 1.165) is 58.2 Å². The molecule has 2 aromatic heterocycles. The summed E-state index contributed by atoms with van der Waals surface area (Å²) in [5.41, 5.74) is 6.94. The molecule has 0 spiro atoms. The molecule has 4 heterocycles. The lowest BCUT2D eigenvalue weighted by Gasteiger charge is -2.27. The fraction of sp³-hybridized carbons (Fsp3) is 0.208. The first-order chi connectivity index (χ1) is 15.3. The third-order valence-corrected chi connectivity index (χ3v) is 5.89. The maximum absolute atomic E-state index is 11.9. The average molecular weight is 411 g/mol. The van der Waals surface area contributed by atoms with E-state index >= 15 is 0 Å². The van der Waals surface area contributed by atoms with Gasteiger partial charge in [-0.2, -0.15) is 9.61 Å². The Morgan fingerprint density at radius 1 is 0.968 bits per heavy atom. The molecule has 2 aliphatic heterocycles. The van der Waals surface area contributed by atoms with Crippen molar-refractivity contribution in [3.8, 4) is 22.4 Å². The van der Waals surface area contributed by atoms with Gasteiger partial charge in [0.25, 0.3) is 0 Å². The first kappa shape index (κ1) is 18.1. The SMILES string of the molecule is O=C1Cc2cc(-c3c(-c4ccccc4)nn4c(N5CCOCC5)nccc34)ccc2N1. The zero-order valence-electron chi connectivity index (χ0n) is 16.9. The van der Waals surface area contributed by atoms with Gasteiger partial charge in [-0.1, -0.05) is 36.4 Å². The molecule has 1 fully saturated rings. The molecular formula is C24H21N5O2. The first-order valence-corrected chi connectivity index (χ1v) is 10.5. The van der Waals surface area contributed by atoms with Gasteiger partial charge in [0.15, 0.2) is 0 Å². The van der Waals surface area contributed by atoms with E-state index in [-0.39, 0.29) is 5.91 Å². The Morgan fingerprint density at radius 3 is 2.65 bits per heavy atom. The van der Waals surface area contributed by atoms with Crippen LogP contribution in [0.2, 0.25) is 0 Å². The number of carbonyl (C=O) groups is 1. The predicted molar refractivity (Wildman–Crippen MR) is 119 cm³/mol. The van der Waals surface area contributed by atoms with Crippen molar-refractivity contribution in [2.45, 2.75) is 6.42 Å². The minimum atomic E-state index is 0.0362. The molecule has 2 aliphatic rings. The van der Waals surface area contributed by atoms with E-state index in [1.165, 1.54) is 0 Å². The summed E-state index contributed by atoms with van der Waals surface area (Å²) in [7, 11) is 0. The van der Waals surface area contributed by atoms with Gasteiger partial charge in [0.2, 0.25) is 11.9 Å². The zero-order valence-corrected chi connectivity index (χ0v) is 16.9. The molecule has 154 valence electrons. The van der Waals surface area contributed by atoms with Crippen molar-refractivity contribution in [2.24, 2.45) is 0 Å². The van der Waals surface area contributed by atoms with E-state index < -0.39 is 0 Å². The third-order valence-electron chi connectivity index (χ3n) is 5.89. The molecule has 4 aromatic rings. The lowest BCUT2D eigenvalue weighted by Crippen LogP contribution is -2.38. The standard InChI is InChI=1S/C24H21N5O2/c30-21-15-18-14-17(6-7-19(18)26-21)22-20-8-9-25-24(28-10-12-31-13-11-28)29(20)27-23(22)16-4-2-1-3-5-16/h1-9,14H,10-13,15H2,(H,26,30). The van der Waals surface area contributed by atoms with Crippen molar-refractivity contribution < 1.29 is 9.53 Å². The molecule has 0 radical (unpaired) electrons. The Hall–Kier alpha value is -3.71. The summed E-state index contributed by atoms with van der Waals surface area (Å²) < 4.78 is 7.46. The van der Waals surface area contributed by atoms with Gasteiger partial charge in [-0.15, -0.1) is 0 Å². The number of amides is 1. The summed E-state index contributed by atoms with van der Waals surface area (Å²) in [6.07, 6.45) is 2.25. The van der Waals surface area contributed by atoms with E-state index in [2.05, 4.69) is 39.5 Å². The number of morpholine rings is 1. The fourth-order valence-electron chi connectivity index (χ4n) is 4.41. The van der Waals surface area contributed by atoms with Crippen LogP contribution in [-0.2, 0) is 16.0 Å². The van der Waals surface area contributed by atoms with Gasteiger partial charge in [0, 0.05) is 36.1 Å². The summed E-state index contributed by atoms with van der Waals surface area (Å²) in [5, 5.41) is 7.95. The van der Waals surface area contributed by atoms with Crippen molar-refractivity contribution in [3.05, 3.63) is 66.4 Å². The van der Waals surface area contributed by atoms with Crippen molar-refractivity contribution in [1.82, 2.24) is 14.6 Å². The maximum atomic E-state index is 11.9. The smallest absolute Gasteiger partial charge is 0.228 e. The van der Waals surface area contributed by atoms with Gasteiger partial charge in [0.1, 0.15) is 5.69 Å². The van der Waals surface area contributed by atoms with Gasteiger partial charge in [-0.3, -0.25) is 4.79 Å². The fourth-order valence-corrected chi connectivity index (χ4v) is 4.41. The van der Waals surface area contributed by atoms with Crippen molar-refractivity contribution in [1.29, 1.82) is 0 Å². The number of anilines is 2. The number of hydrogen-bond donors (Lipinski definition) is 1. The second-order valence-electron chi connectivity index (χ2n) is 7.83. The van der Waals surface area contributed by atoms with E-state index in [4.69, 9.17) is 9.84 Å². The Balaban J connectivity index is 1.59.